The average Bonchev–Trinajstić information content (AvgIpc) is 1.96. The maximum atomic E-state index is 11.4. The topological polar surface area (TPSA) is 75.6 Å². The van der Waals surface area contributed by atoms with Crippen LogP contribution in [0.5, 0.6) is 0 Å². The van der Waals surface area contributed by atoms with Gasteiger partial charge in [0.25, 0.3) is 0 Å². The van der Waals surface area contributed by atoms with Gasteiger partial charge in [0, 0.05) is 0 Å². The molecule has 5 nitrogen and oxygen atoms in total. The molecule has 2 N–H and O–H groups in total. The number of ether oxygens (including phenoxy) is 1. The molecule has 14 heavy (non-hydrogen) atoms. The van der Waals surface area contributed by atoms with E-state index in [-0.39, 0.29) is 0 Å². The van der Waals surface area contributed by atoms with Crippen LogP contribution in [0.25, 0.3) is 0 Å². The Morgan fingerprint density at radius 2 is 1.93 bits per heavy atom. The predicted molar refractivity (Wildman–Crippen MR) is 51.1 cm³/mol. The fraction of sp³-hybridized carbons (Fsp3) is 0.778. The van der Waals surface area contributed by atoms with Crippen LogP contribution in [0.4, 0.5) is 4.79 Å². The van der Waals surface area contributed by atoms with E-state index in [1.165, 1.54) is 0 Å². The molecule has 0 saturated carbocycles. The first-order chi connectivity index (χ1) is 6.26. The number of hydrogen-bond acceptors (Lipinski definition) is 3. The molecule has 0 aromatic heterocycles. The van der Waals surface area contributed by atoms with E-state index in [0.29, 0.717) is 6.42 Å². The zero-order valence-corrected chi connectivity index (χ0v) is 8.96. The van der Waals surface area contributed by atoms with Crippen molar-refractivity contribution in [3.8, 4) is 0 Å². The summed E-state index contributed by atoms with van der Waals surface area (Å²) in [5.41, 5.74) is -0.593. The van der Waals surface area contributed by atoms with Gasteiger partial charge in [-0.3, -0.25) is 0 Å². The molecule has 0 aliphatic heterocycles. The molecule has 0 radical (unpaired) electrons. The van der Waals surface area contributed by atoms with Crippen molar-refractivity contribution in [3.05, 3.63) is 0 Å². The standard InChI is InChI=1S/C9H17NO4/c1-5-6(10-8(12)13)7(11)14-9(2,3)4/h6,10H,5H2,1-4H3,(H,12,13)/t6-/m1/s1. The van der Waals surface area contributed by atoms with Crippen molar-refractivity contribution in [1.29, 1.82) is 0 Å². The second-order valence-corrected chi connectivity index (χ2v) is 3.94. The monoisotopic (exact) mass is 203 g/mol. The van der Waals surface area contributed by atoms with Crippen molar-refractivity contribution in [3.63, 3.8) is 0 Å². The van der Waals surface area contributed by atoms with Gasteiger partial charge in [0.05, 0.1) is 0 Å². The highest BCUT2D eigenvalue weighted by atomic mass is 16.6. The SMILES string of the molecule is CC[C@@H](NC(=O)O)C(=O)OC(C)(C)C. The third kappa shape index (κ3) is 5.40. The van der Waals surface area contributed by atoms with Crippen molar-refractivity contribution in [2.45, 2.75) is 45.8 Å². The van der Waals surface area contributed by atoms with Gasteiger partial charge in [-0.25, -0.2) is 9.59 Å². The van der Waals surface area contributed by atoms with Crippen molar-refractivity contribution in [1.82, 2.24) is 5.32 Å². The quantitative estimate of drug-likeness (QED) is 0.679. The zero-order chi connectivity index (χ0) is 11.4. The molecule has 0 heterocycles. The van der Waals surface area contributed by atoms with Crippen LogP contribution in [-0.4, -0.2) is 28.8 Å². The molecule has 0 aromatic carbocycles. The Bertz CT molecular complexity index is 219. The highest BCUT2D eigenvalue weighted by Crippen LogP contribution is 2.09. The van der Waals surface area contributed by atoms with Gasteiger partial charge in [-0.1, -0.05) is 6.92 Å². The van der Waals surface area contributed by atoms with Gasteiger partial charge < -0.3 is 15.2 Å². The molecule has 1 atom stereocenters. The summed E-state index contributed by atoms with van der Waals surface area (Å²) in [6.45, 7) is 6.92. The Morgan fingerprint density at radius 1 is 1.43 bits per heavy atom. The lowest BCUT2D eigenvalue weighted by Crippen LogP contribution is -2.43. The third-order valence-electron chi connectivity index (χ3n) is 1.40. The summed E-state index contributed by atoms with van der Waals surface area (Å²) < 4.78 is 5.03. The molecule has 0 saturated heterocycles. The molecule has 0 bridgehead atoms. The number of esters is 1. The summed E-state index contributed by atoms with van der Waals surface area (Å²) in [6.07, 6.45) is -0.844. The Balaban J connectivity index is 4.25. The predicted octanol–water partition coefficient (Wildman–Crippen LogP) is 1.37. The lowest BCUT2D eigenvalue weighted by Gasteiger charge is -2.23. The number of carbonyl (C=O) groups is 2. The van der Waals surface area contributed by atoms with Gasteiger partial charge in [0.1, 0.15) is 11.6 Å². The second kappa shape index (κ2) is 4.83. The average molecular weight is 203 g/mol. The number of nitrogens with one attached hydrogen (secondary N) is 1. The first-order valence-corrected chi connectivity index (χ1v) is 4.48. The highest BCUT2D eigenvalue weighted by Gasteiger charge is 2.24. The van der Waals surface area contributed by atoms with E-state index in [1.807, 2.05) is 0 Å². The number of hydrogen-bond donors (Lipinski definition) is 2. The van der Waals surface area contributed by atoms with Crippen molar-refractivity contribution in [2.24, 2.45) is 0 Å². The summed E-state index contributed by atoms with van der Waals surface area (Å²) in [7, 11) is 0. The number of carboxylic acid groups (broad SMARTS) is 1. The first kappa shape index (κ1) is 12.7. The molecule has 0 aromatic rings. The molecule has 0 aliphatic rings. The maximum absolute atomic E-state index is 11.4. The largest absolute Gasteiger partial charge is 0.465 e. The lowest BCUT2D eigenvalue weighted by molar-refractivity contribution is -0.157. The number of amides is 1. The smallest absolute Gasteiger partial charge is 0.405 e. The summed E-state index contributed by atoms with van der Waals surface area (Å²) in [4.78, 5) is 21.7. The van der Waals surface area contributed by atoms with Crippen LogP contribution in [0.3, 0.4) is 0 Å². The normalized spacial score (nSPS) is 13.1. The Kier molecular flexibility index (Phi) is 4.40. The van der Waals surface area contributed by atoms with E-state index >= 15 is 0 Å². The fourth-order valence-electron chi connectivity index (χ4n) is 0.850. The Morgan fingerprint density at radius 3 is 2.21 bits per heavy atom. The van der Waals surface area contributed by atoms with E-state index in [9.17, 15) is 9.59 Å². The fourth-order valence-corrected chi connectivity index (χ4v) is 0.850. The molecular formula is C9H17NO4. The zero-order valence-electron chi connectivity index (χ0n) is 8.96. The number of rotatable bonds is 3. The molecule has 0 fully saturated rings. The van der Waals surface area contributed by atoms with Gasteiger partial charge in [-0.2, -0.15) is 0 Å². The van der Waals surface area contributed by atoms with Crippen LogP contribution in [0.15, 0.2) is 0 Å². The summed E-state index contributed by atoms with van der Waals surface area (Å²) in [5.74, 6) is -0.539. The summed E-state index contributed by atoms with van der Waals surface area (Å²) in [6, 6.07) is -0.785. The van der Waals surface area contributed by atoms with E-state index in [1.54, 1.807) is 27.7 Å². The van der Waals surface area contributed by atoms with E-state index < -0.39 is 23.7 Å². The summed E-state index contributed by atoms with van der Waals surface area (Å²) >= 11 is 0. The van der Waals surface area contributed by atoms with Gasteiger partial charge in [0.2, 0.25) is 0 Å². The minimum absolute atomic E-state index is 0.376. The van der Waals surface area contributed by atoms with Crippen LogP contribution >= 0.6 is 0 Å². The van der Waals surface area contributed by atoms with Gasteiger partial charge in [-0.15, -0.1) is 0 Å². The van der Waals surface area contributed by atoms with Crippen molar-refractivity contribution < 1.29 is 19.4 Å². The van der Waals surface area contributed by atoms with Crippen LogP contribution in [0.2, 0.25) is 0 Å². The van der Waals surface area contributed by atoms with Crippen molar-refractivity contribution >= 4 is 12.1 Å². The molecule has 0 spiro atoms. The van der Waals surface area contributed by atoms with Crippen LogP contribution in [0.1, 0.15) is 34.1 Å². The lowest BCUT2D eigenvalue weighted by atomic mass is 10.1. The second-order valence-electron chi connectivity index (χ2n) is 3.94. The highest BCUT2D eigenvalue weighted by molar-refractivity contribution is 5.80. The minimum Gasteiger partial charge on any atom is -0.465 e. The van der Waals surface area contributed by atoms with Crippen LogP contribution in [-0.2, 0) is 9.53 Å². The van der Waals surface area contributed by atoms with Gasteiger partial charge in [-0.05, 0) is 27.2 Å². The number of carbonyl (C=O) groups excluding carboxylic acids is 1. The molecule has 1 amide bonds. The summed E-state index contributed by atoms with van der Waals surface area (Å²) in [5, 5.41) is 10.5. The third-order valence-corrected chi connectivity index (χ3v) is 1.40. The Hall–Kier alpha value is -1.26. The van der Waals surface area contributed by atoms with E-state index in [4.69, 9.17) is 9.84 Å². The van der Waals surface area contributed by atoms with Crippen molar-refractivity contribution in [2.75, 3.05) is 0 Å². The van der Waals surface area contributed by atoms with Gasteiger partial charge >= 0.3 is 12.1 Å². The van der Waals surface area contributed by atoms with E-state index in [2.05, 4.69) is 5.32 Å². The molecule has 0 unspecified atom stereocenters. The Labute approximate surface area is 83.4 Å². The van der Waals surface area contributed by atoms with Crippen LogP contribution in [0, 0.1) is 0 Å². The maximum Gasteiger partial charge on any atom is 0.405 e. The molecule has 0 aliphatic carbocycles. The molecule has 82 valence electrons. The molecule has 5 heteroatoms. The first-order valence-electron chi connectivity index (χ1n) is 4.48. The minimum atomic E-state index is -1.22. The van der Waals surface area contributed by atoms with Gasteiger partial charge in [0.15, 0.2) is 0 Å². The molecule has 0 rings (SSSR count). The van der Waals surface area contributed by atoms with E-state index in [0.717, 1.165) is 0 Å². The van der Waals surface area contributed by atoms with Crippen LogP contribution < -0.4 is 5.32 Å². The molecular weight excluding hydrogens is 186 g/mol.